The molecule has 0 aliphatic carbocycles. The maximum Gasteiger partial charge on any atom is 0.288 e. The Balaban J connectivity index is 0. The van der Waals surface area contributed by atoms with Gasteiger partial charge in [0.25, 0.3) is 5.24 Å². The quantitative estimate of drug-likeness (QED) is 0.735. The van der Waals surface area contributed by atoms with Crippen LogP contribution in [0.3, 0.4) is 0 Å². The summed E-state index contributed by atoms with van der Waals surface area (Å²) in [5.74, 6) is -0.355. The van der Waals surface area contributed by atoms with Crippen molar-refractivity contribution in [1.29, 1.82) is 0 Å². The molecule has 0 radical (unpaired) electrons. The minimum atomic E-state index is -0.450. The SMILES string of the molecule is CC.CCC(=O)N(CCNC)C(=O)SCCC(N)=O. The summed E-state index contributed by atoms with van der Waals surface area (Å²) in [4.78, 5) is 35.0. The van der Waals surface area contributed by atoms with Gasteiger partial charge in [-0.2, -0.15) is 0 Å². The van der Waals surface area contributed by atoms with Crippen LogP contribution in [-0.2, 0) is 9.59 Å². The molecule has 0 aliphatic heterocycles. The first-order valence-corrected chi connectivity index (χ1v) is 7.41. The normalized spacial score (nSPS) is 9.26. The van der Waals surface area contributed by atoms with E-state index >= 15 is 0 Å². The number of thioether (sulfide) groups is 1. The molecule has 112 valence electrons. The Labute approximate surface area is 119 Å². The molecule has 0 unspecified atom stereocenters. The molecule has 0 aromatic carbocycles. The van der Waals surface area contributed by atoms with Crippen LogP contribution >= 0.6 is 11.8 Å². The first-order valence-electron chi connectivity index (χ1n) is 6.43. The standard InChI is InChI=1S/C10H19N3O3S.C2H6/c1-3-9(15)13(6-5-12-2)10(16)17-7-4-8(11)14;1-2/h12H,3-7H2,1-2H3,(H2,11,14);1-2H3. The average Bonchev–Trinajstić information content (AvgIpc) is 2.40. The van der Waals surface area contributed by atoms with Crippen molar-refractivity contribution in [3.05, 3.63) is 0 Å². The Kier molecular flexibility index (Phi) is 14.2. The summed E-state index contributed by atoms with van der Waals surface area (Å²) in [6.07, 6.45) is 0.419. The lowest BCUT2D eigenvalue weighted by Crippen LogP contribution is -2.38. The van der Waals surface area contributed by atoms with Crippen LogP contribution in [0.15, 0.2) is 0 Å². The van der Waals surface area contributed by atoms with Crippen LogP contribution < -0.4 is 11.1 Å². The van der Waals surface area contributed by atoms with Gasteiger partial charge in [-0.3, -0.25) is 19.3 Å². The lowest BCUT2D eigenvalue weighted by molar-refractivity contribution is -0.127. The molecule has 0 atom stereocenters. The zero-order valence-electron chi connectivity index (χ0n) is 12.2. The summed E-state index contributed by atoms with van der Waals surface area (Å²) in [5, 5.41) is 2.55. The van der Waals surface area contributed by atoms with E-state index in [2.05, 4.69) is 5.32 Å². The molecule has 0 aliphatic rings. The van der Waals surface area contributed by atoms with Gasteiger partial charge >= 0.3 is 0 Å². The molecule has 0 aromatic rings. The maximum atomic E-state index is 11.7. The monoisotopic (exact) mass is 291 g/mol. The number of imide groups is 1. The van der Waals surface area contributed by atoms with Crippen LogP contribution in [0.4, 0.5) is 4.79 Å². The lowest BCUT2D eigenvalue weighted by atomic mass is 10.4. The molecule has 0 spiro atoms. The van der Waals surface area contributed by atoms with Crippen molar-refractivity contribution in [2.45, 2.75) is 33.6 Å². The van der Waals surface area contributed by atoms with Crippen molar-refractivity contribution >= 4 is 28.8 Å². The van der Waals surface area contributed by atoms with Gasteiger partial charge in [0, 0.05) is 31.7 Å². The lowest BCUT2D eigenvalue weighted by Gasteiger charge is -2.19. The molecule has 0 aromatic heterocycles. The average molecular weight is 291 g/mol. The van der Waals surface area contributed by atoms with Gasteiger partial charge in [-0.1, -0.05) is 32.5 Å². The van der Waals surface area contributed by atoms with E-state index in [1.165, 1.54) is 4.90 Å². The fourth-order valence-electron chi connectivity index (χ4n) is 1.05. The molecular weight excluding hydrogens is 266 g/mol. The van der Waals surface area contributed by atoms with E-state index in [4.69, 9.17) is 5.73 Å². The maximum absolute atomic E-state index is 11.7. The summed E-state index contributed by atoms with van der Waals surface area (Å²) < 4.78 is 0. The molecule has 7 heteroatoms. The van der Waals surface area contributed by atoms with Gasteiger partial charge in [-0.15, -0.1) is 0 Å². The van der Waals surface area contributed by atoms with Gasteiger partial charge in [-0.25, -0.2) is 0 Å². The van der Waals surface area contributed by atoms with E-state index in [1.54, 1.807) is 14.0 Å². The molecule has 0 saturated carbocycles. The number of primary amides is 1. The highest BCUT2D eigenvalue weighted by atomic mass is 32.2. The second-order valence-electron chi connectivity index (χ2n) is 3.33. The molecular formula is C12H25N3O3S. The van der Waals surface area contributed by atoms with Gasteiger partial charge in [0.2, 0.25) is 11.8 Å². The van der Waals surface area contributed by atoms with Gasteiger partial charge in [0.15, 0.2) is 0 Å². The first-order chi connectivity index (χ1) is 9.02. The summed E-state index contributed by atoms with van der Waals surface area (Å²) >= 11 is 0.945. The van der Waals surface area contributed by atoms with E-state index in [1.807, 2.05) is 13.8 Å². The second-order valence-corrected chi connectivity index (χ2v) is 4.38. The molecule has 0 saturated heterocycles. The summed E-state index contributed by atoms with van der Waals surface area (Å²) in [6, 6.07) is 0. The minimum absolute atomic E-state index is 0.136. The van der Waals surface area contributed by atoms with E-state index in [0.717, 1.165) is 11.8 Å². The third kappa shape index (κ3) is 10.5. The molecule has 3 N–H and O–H groups in total. The number of nitrogens with two attached hydrogens (primary N) is 1. The van der Waals surface area contributed by atoms with Gasteiger partial charge in [0.05, 0.1) is 0 Å². The zero-order valence-corrected chi connectivity index (χ0v) is 13.0. The highest BCUT2D eigenvalue weighted by molar-refractivity contribution is 8.13. The smallest absolute Gasteiger partial charge is 0.288 e. The zero-order chi connectivity index (χ0) is 15.3. The van der Waals surface area contributed by atoms with Crippen molar-refractivity contribution in [3.8, 4) is 0 Å². The number of likely N-dealkylation sites (N-methyl/N-ethyl adjacent to an activating group) is 1. The predicted octanol–water partition coefficient (Wildman–Crippen LogP) is 1.20. The van der Waals surface area contributed by atoms with Crippen molar-refractivity contribution in [2.75, 3.05) is 25.9 Å². The fourth-order valence-corrected chi connectivity index (χ4v) is 1.88. The van der Waals surface area contributed by atoms with Crippen LogP contribution in [0.5, 0.6) is 0 Å². The third-order valence-corrected chi connectivity index (χ3v) is 2.86. The molecule has 0 fully saturated rings. The number of amides is 3. The van der Waals surface area contributed by atoms with Gasteiger partial charge < -0.3 is 11.1 Å². The van der Waals surface area contributed by atoms with Gasteiger partial charge in [-0.05, 0) is 7.05 Å². The molecule has 19 heavy (non-hydrogen) atoms. The molecule has 3 amide bonds. The van der Waals surface area contributed by atoms with E-state index in [-0.39, 0.29) is 24.0 Å². The topological polar surface area (TPSA) is 92.5 Å². The highest BCUT2D eigenvalue weighted by Crippen LogP contribution is 2.11. The number of rotatable bonds is 7. The van der Waals surface area contributed by atoms with Crippen LogP contribution in [0.2, 0.25) is 0 Å². The van der Waals surface area contributed by atoms with Crippen molar-refractivity contribution in [1.82, 2.24) is 10.2 Å². The van der Waals surface area contributed by atoms with Crippen molar-refractivity contribution in [3.63, 3.8) is 0 Å². The molecule has 0 rings (SSSR count). The Morgan fingerprint density at radius 1 is 1.26 bits per heavy atom. The number of nitrogens with one attached hydrogen (secondary N) is 1. The molecule has 0 heterocycles. The van der Waals surface area contributed by atoms with Crippen LogP contribution in [0, 0.1) is 0 Å². The third-order valence-electron chi connectivity index (χ3n) is 1.98. The number of carbonyl (C=O) groups excluding carboxylic acids is 3. The second kappa shape index (κ2) is 13.4. The van der Waals surface area contributed by atoms with E-state index in [9.17, 15) is 14.4 Å². The summed E-state index contributed by atoms with van der Waals surface area (Å²) in [6.45, 7) is 6.59. The largest absolute Gasteiger partial charge is 0.370 e. The van der Waals surface area contributed by atoms with Crippen molar-refractivity contribution < 1.29 is 14.4 Å². The van der Waals surface area contributed by atoms with Crippen LogP contribution in [0.1, 0.15) is 33.6 Å². The van der Waals surface area contributed by atoms with E-state index in [0.29, 0.717) is 18.8 Å². The van der Waals surface area contributed by atoms with Crippen molar-refractivity contribution in [2.24, 2.45) is 5.73 Å². The molecule has 6 nitrogen and oxygen atoms in total. The number of carbonyl (C=O) groups is 3. The van der Waals surface area contributed by atoms with E-state index < -0.39 is 5.91 Å². The predicted molar refractivity (Wildman–Crippen MR) is 78.9 cm³/mol. The Morgan fingerprint density at radius 3 is 2.26 bits per heavy atom. The van der Waals surface area contributed by atoms with Gasteiger partial charge in [0.1, 0.15) is 0 Å². The Bertz CT molecular complexity index is 285. The number of nitrogens with zero attached hydrogens (tertiary/aromatic N) is 1. The van der Waals surface area contributed by atoms with Crippen LogP contribution in [0.25, 0.3) is 0 Å². The minimum Gasteiger partial charge on any atom is -0.370 e. The summed E-state index contributed by atoms with van der Waals surface area (Å²) in [5.41, 5.74) is 4.97. The Morgan fingerprint density at radius 2 is 1.84 bits per heavy atom. The molecule has 0 bridgehead atoms. The number of hydrogen-bond donors (Lipinski definition) is 2. The Hall–Kier alpha value is -1.08. The highest BCUT2D eigenvalue weighted by Gasteiger charge is 2.19. The number of hydrogen-bond acceptors (Lipinski definition) is 5. The fraction of sp³-hybridized carbons (Fsp3) is 0.750. The van der Waals surface area contributed by atoms with Crippen LogP contribution in [-0.4, -0.2) is 47.8 Å². The first kappa shape index (κ1) is 20.2. The summed E-state index contributed by atoms with van der Waals surface area (Å²) in [7, 11) is 1.75.